The molecule has 0 saturated carbocycles. The van der Waals surface area contributed by atoms with E-state index in [1.165, 1.54) is 29.9 Å². The zero-order valence-corrected chi connectivity index (χ0v) is 20.0. The van der Waals surface area contributed by atoms with Gasteiger partial charge in [-0.25, -0.2) is 4.98 Å². The summed E-state index contributed by atoms with van der Waals surface area (Å²) in [5.74, 6) is -0.223. The van der Waals surface area contributed by atoms with Gasteiger partial charge in [0.15, 0.2) is 0 Å². The van der Waals surface area contributed by atoms with Gasteiger partial charge in [-0.2, -0.15) is 0 Å². The number of hydrogen-bond acceptors (Lipinski definition) is 7. The number of pyridine rings is 1. The van der Waals surface area contributed by atoms with Gasteiger partial charge in [-0.3, -0.25) is 14.7 Å². The molecule has 5 rings (SSSR count). The van der Waals surface area contributed by atoms with Crippen LogP contribution in [0, 0.1) is 6.92 Å². The van der Waals surface area contributed by atoms with Gasteiger partial charge >= 0.3 is 11.9 Å². The van der Waals surface area contributed by atoms with Gasteiger partial charge in [0, 0.05) is 55.2 Å². The van der Waals surface area contributed by atoms with Crippen LogP contribution in [-0.2, 0) is 6.42 Å². The molecular weight excluding hydrogens is 442 g/mol. The highest BCUT2D eigenvalue weighted by Gasteiger charge is 2.19. The van der Waals surface area contributed by atoms with Crippen molar-refractivity contribution >= 4 is 28.2 Å². The topological polar surface area (TPSA) is 83.7 Å². The van der Waals surface area contributed by atoms with Crippen LogP contribution in [0.3, 0.4) is 0 Å². The second-order valence-electron chi connectivity index (χ2n) is 8.72. The van der Waals surface area contributed by atoms with Crippen LogP contribution in [-0.4, -0.2) is 60.6 Å². The minimum absolute atomic E-state index is 0.0257. The first-order valence-electron chi connectivity index (χ1n) is 11.8. The zero-order valence-electron chi connectivity index (χ0n) is 20.0. The molecule has 0 aliphatic carbocycles. The Balaban J connectivity index is 1.15. The van der Waals surface area contributed by atoms with Gasteiger partial charge in [-0.15, -0.1) is 0 Å². The van der Waals surface area contributed by atoms with Crippen molar-refractivity contribution in [1.29, 1.82) is 0 Å². The van der Waals surface area contributed by atoms with Crippen molar-refractivity contribution in [2.45, 2.75) is 13.3 Å². The number of fused-ring (bicyclic) bond motifs is 1. The largest absolute Gasteiger partial charge is 0.467 e. The lowest BCUT2D eigenvalue weighted by molar-refractivity contribution is 0.0984. The molecular formula is C27H29N5O3. The van der Waals surface area contributed by atoms with Crippen molar-refractivity contribution in [2.75, 3.05) is 50.1 Å². The van der Waals surface area contributed by atoms with E-state index in [1.54, 1.807) is 0 Å². The van der Waals surface area contributed by atoms with Crippen LogP contribution in [0.15, 0.2) is 65.2 Å². The second-order valence-corrected chi connectivity index (χ2v) is 8.72. The molecule has 0 atom stereocenters. The summed E-state index contributed by atoms with van der Waals surface area (Å²) >= 11 is 0. The molecule has 8 heteroatoms. The van der Waals surface area contributed by atoms with E-state index >= 15 is 0 Å². The molecule has 8 nitrogen and oxygen atoms in total. The van der Waals surface area contributed by atoms with Gasteiger partial charge in [0.25, 0.3) is 5.89 Å². The highest BCUT2D eigenvalue weighted by Crippen LogP contribution is 2.27. The van der Waals surface area contributed by atoms with Crippen molar-refractivity contribution in [3.63, 3.8) is 0 Å². The van der Waals surface area contributed by atoms with Crippen LogP contribution in [0.2, 0.25) is 0 Å². The van der Waals surface area contributed by atoms with Crippen LogP contribution in [0.4, 0.5) is 11.4 Å². The molecule has 1 aliphatic rings. The summed E-state index contributed by atoms with van der Waals surface area (Å²) in [6.45, 7) is 7.00. The first-order valence-corrected chi connectivity index (χ1v) is 11.8. The Bertz CT molecular complexity index is 1330. The van der Waals surface area contributed by atoms with Crippen LogP contribution >= 0.6 is 0 Å². The van der Waals surface area contributed by atoms with Crippen molar-refractivity contribution < 1.29 is 13.9 Å². The van der Waals surface area contributed by atoms with Crippen LogP contribution < -0.4 is 15.0 Å². The van der Waals surface area contributed by atoms with Gasteiger partial charge in [0.1, 0.15) is 6.20 Å². The predicted octanol–water partition coefficient (Wildman–Crippen LogP) is 4.16. The Morgan fingerprint density at radius 2 is 1.91 bits per heavy atom. The molecule has 1 amide bonds. The van der Waals surface area contributed by atoms with Gasteiger partial charge in [-0.1, -0.05) is 18.2 Å². The van der Waals surface area contributed by atoms with Crippen LogP contribution in [0.25, 0.3) is 10.9 Å². The zero-order chi connectivity index (χ0) is 24.2. The number of amides is 1. The molecule has 1 aliphatic heterocycles. The number of carbonyl (C=O) groups is 1. The Morgan fingerprint density at radius 3 is 2.71 bits per heavy atom. The van der Waals surface area contributed by atoms with Gasteiger partial charge in [0.05, 0.1) is 12.6 Å². The third kappa shape index (κ3) is 5.27. The fourth-order valence-electron chi connectivity index (χ4n) is 4.46. The summed E-state index contributed by atoms with van der Waals surface area (Å²) in [4.78, 5) is 25.9. The van der Waals surface area contributed by atoms with Crippen LogP contribution in [0.1, 0.15) is 21.9 Å². The number of benzene rings is 2. The number of carbonyl (C=O) groups excluding carboxylic acids is 1. The lowest BCUT2D eigenvalue weighted by Gasteiger charge is -2.36. The molecule has 0 spiro atoms. The van der Waals surface area contributed by atoms with Crippen LogP contribution in [0.5, 0.6) is 5.95 Å². The third-order valence-electron chi connectivity index (χ3n) is 6.34. The summed E-state index contributed by atoms with van der Waals surface area (Å²) in [7, 11) is 1.47. The van der Waals surface area contributed by atoms with E-state index in [1.807, 2.05) is 25.1 Å². The quantitative estimate of drug-likeness (QED) is 0.433. The standard InChI is InChI=1S/C27H29N5O3/c1-19-9-10-22-23(29-19)7-4-8-24(22)32-15-13-31(14-16-32)12-11-20-5-3-6-21(17-20)30-26(33)27-28-18-25(34-2)35-27/h3-10,17-18H,11-16H2,1-2H3,(H,30,33). The lowest BCUT2D eigenvalue weighted by atomic mass is 10.1. The molecule has 1 saturated heterocycles. The number of methoxy groups -OCH3 is 1. The normalized spacial score (nSPS) is 14.3. The molecule has 0 unspecified atom stereocenters. The maximum absolute atomic E-state index is 12.4. The SMILES string of the molecule is COc1cnc(C(=O)Nc2cccc(CCN3CCN(c4cccc5nc(C)ccc45)CC3)c2)o1. The number of rotatable bonds is 7. The Labute approximate surface area is 204 Å². The predicted molar refractivity (Wildman–Crippen MR) is 136 cm³/mol. The molecule has 180 valence electrons. The van der Waals surface area contributed by atoms with E-state index in [-0.39, 0.29) is 11.8 Å². The average Bonchev–Trinajstić information content (AvgIpc) is 3.37. The summed E-state index contributed by atoms with van der Waals surface area (Å²) in [6.07, 6.45) is 2.29. The Morgan fingerprint density at radius 1 is 1.09 bits per heavy atom. The fraction of sp³-hybridized carbons (Fsp3) is 0.296. The number of oxazole rings is 1. The maximum atomic E-state index is 12.4. The van der Waals surface area contributed by atoms with Crippen molar-refractivity contribution in [3.8, 4) is 5.95 Å². The molecule has 35 heavy (non-hydrogen) atoms. The molecule has 3 heterocycles. The Hall–Kier alpha value is -3.91. The number of nitrogens with one attached hydrogen (secondary N) is 1. The van der Waals surface area contributed by atoms with Gasteiger partial charge in [-0.05, 0) is 55.3 Å². The average molecular weight is 472 g/mol. The minimum Gasteiger partial charge on any atom is -0.467 e. The maximum Gasteiger partial charge on any atom is 0.311 e. The highest BCUT2D eigenvalue weighted by atomic mass is 16.6. The smallest absolute Gasteiger partial charge is 0.311 e. The summed E-state index contributed by atoms with van der Waals surface area (Å²) in [6, 6.07) is 18.6. The van der Waals surface area contributed by atoms with Crippen molar-refractivity contribution in [3.05, 3.63) is 77.9 Å². The van der Waals surface area contributed by atoms with E-state index in [9.17, 15) is 4.79 Å². The molecule has 1 fully saturated rings. The van der Waals surface area contributed by atoms with E-state index < -0.39 is 5.91 Å². The molecule has 2 aromatic carbocycles. The molecule has 1 N–H and O–H groups in total. The molecule has 4 aromatic rings. The fourth-order valence-corrected chi connectivity index (χ4v) is 4.46. The van der Waals surface area contributed by atoms with Gasteiger partial charge < -0.3 is 19.4 Å². The highest BCUT2D eigenvalue weighted by molar-refractivity contribution is 6.01. The monoisotopic (exact) mass is 471 g/mol. The number of aromatic nitrogens is 2. The first kappa shape index (κ1) is 22.9. The first-order chi connectivity index (χ1) is 17.1. The number of hydrogen-bond donors (Lipinski definition) is 1. The summed E-state index contributed by atoms with van der Waals surface area (Å²) in [5, 5.41) is 4.06. The van der Waals surface area contributed by atoms with E-state index in [4.69, 9.17) is 9.15 Å². The number of nitrogens with zero attached hydrogens (tertiary/aromatic N) is 4. The van der Waals surface area contributed by atoms with E-state index in [0.717, 1.165) is 50.4 Å². The molecule has 0 radical (unpaired) electrons. The number of ether oxygens (including phenoxy) is 1. The number of aryl methyl sites for hydroxylation is 1. The number of piperazine rings is 1. The summed E-state index contributed by atoms with van der Waals surface area (Å²) < 4.78 is 10.2. The summed E-state index contributed by atoms with van der Waals surface area (Å²) in [5.41, 5.74) is 5.25. The third-order valence-corrected chi connectivity index (χ3v) is 6.34. The van der Waals surface area contributed by atoms with Crippen molar-refractivity contribution in [1.82, 2.24) is 14.9 Å². The molecule has 0 bridgehead atoms. The molecule has 2 aromatic heterocycles. The van der Waals surface area contributed by atoms with Crippen molar-refractivity contribution in [2.24, 2.45) is 0 Å². The van der Waals surface area contributed by atoms with Gasteiger partial charge in [0.2, 0.25) is 0 Å². The Kier molecular flexibility index (Phi) is 6.63. The van der Waals surface area contributed by atoms with E-state index in [2.05, 4.69) is 61.5 Å². The van der Waals surface area contributed by atoms with E-state index in [0.29, 0.717) is 5.69 Å². The second kappa shape index (κ2) is 10.1. The lowest BCUT2D eigenvalue weighted by Crippen LogP contribution is -2.47. The minimum atomic E-state index is -0.402. The number of anilines is 2.